The molecule has 0 unspecified atom stereocenters. The van der Waals surface area contributed by atoms with Crippen LogP contribution in [-0.4, -0.2) is 36.3 Å². The maximum Gasteiger partial charge on any atom is 0.0607 e. The minimum atomic E-state index is 0.658. The molecule has 1 fully saturated rings. The number of nitrogens with zero attached hydrogens (tertiary/aromatic N) is 2. The van der Waals surface area contributed by atoms with Crippen LogP contribution in [0.1, 0.15) is 27.2 Å². The number of hydrogen-bond acceptors (Lipinski definition) is 2. The fraction of sp³-hybridized carbons (Fsp3) is 0.727. The summed E-state index contributed by atoms with van der Waals surface area (Å²) in [4.78, 5) is 7.07. The largest absolute Gasteiger partial charge is 0.295 e. The lowest BCUT2D eigenvalue weighted by molar-refractivity contribution is 0.249. The highest BCUT2D eigenvalue weighted by Crippen LogP contribution is 2.24. The molecule has 0 saturated carbocycles. The molecule has 72 valence electrons. The second-order valence-electron chi connectivity index (χ2n) is 4.34. The van der Waals surface area contributed by atoms with Crippen molar-refractivity contribution in [3.05, 3.63) is 11.1 Å². The zero-order chi connectivity index (χ0) is 9.42. The Labute approximate surface area is 80.3 Å². The van der Waals surface area contributed by atoms with E-state index in [4.69, 9.17) is 0 Å². The highest BCUT2D eigenvalue weighted by Gasteiger charge is 2.25. The molecule has 0 amide bonds. The molecule has 2 rings (SSSR count). The van der Waals surface area contributed by atoms with Crippen LogP contribution in [0.25, 0.3) is 0 Å². The van der Waals surface area contributed by atoms with Gasteiger partial charge in [-0.3, -0.25) is 9.89 Å². The van der Waals surface area contributed by atoms with Crippen molar-refractivity contribution in [1.82, 2.24) is 4.90 Å². The SMILES string of the molecule is CC1=C2CCN(C(C)C)CC2=NC1. The van der Waals surface area contributed by atoms with Crippen molar-refractivity contribution >= 4 is 5.71 Å². The summed E-state index contributed by atoms with van der Waals surface area (Å²) in [6.07, 6.45) is 1.21. The first kappa shape index (κ1) is 8.95. The van der Waals surface area contributed by atoms with E-state index in [0.717, 1.165) is 13.1 Å². The Hall–Kier alpha value is -0.630. The van der Waals surface area contributed by atoms with Crippen molar-refractivity contribution in [2.24, 2.45) is 4.99 Å². The molecule has 2 heteroatoms. The Bertz CT molecular complexity index is 274. The van der Waals surface area contributed by atoms with Gasteiger partial charge in [-0.15, -0.1) is 0 Å². The first-order valence-corrected chi connectivity index (χ1v) is 5.15. The van der Waals surface area contributed by atoms with Crippen LogP contribution >= 0.6 is 0 Å². The minimum absolute atomic E-state index is 0.658. The molecule has 0 radical (unpaired) electrons. The van der Waals surface area contributed by atoms with Gasteiger partial charge in [0.1, 0.15) is 0 Å². The van der Waals surface area contributed by atoms with E-state index in [2.05, 4.69) is 30.7 Å². The van der Waals surface area contributed by atoms with Crippen molar-refractivity contribution in [3.63, 3.8) is 0 Å². The molecule has 13 heavy (non-hydrogen) atoms. The smallest absolute Gasteiger partial charge is 0.0607 e. The number of piperidine rings is 1. The van der Waals surface area contributed by atoms with Gasteiger partial charge in [0.15, 0.2) is 0 Å². The van der Waals surface area contributed by atoms with Crippen molar-refractivity contribution < 1.29 is 0 Å². The number of aliphatic imine (C=N–C) groups is 1. The normalized spacial score (nSPS) is 23.8. The van der Waals surface area contributed by atoms with E-state index in [-0.39, 0.29) is 0 Å². The summed E-state index contributed by atoms with van der Waals surface area (Å²) in [5.41, 5.74) is 4.41. The molecule has 0 bridgehead atoms. The molecule has 0 spiro atoms. The maximum absolute atomic E-state index is 4.57. The van der Waals surface area contributed by atoms with Crippen LogP contribution in [0.4, 0.5) is 0 Å². The van der Waals surface area contributed by atoms with Gasteiger partial charge in [0.05, 0.1) is 12.3 Å². The van der Waals surface area contributed by atoms with Gasteiger partial charge in [-0.1, -0.05) is 0 Å². The Kier molecular flexibility index (Phi) is 2.24. The van der Waals surface area contributed by atoms with E-state index in [1.807, 2.05) is 0 Å². The molecule has 0 aromatic heterocycles. The third-order valence-corrected chi connectivity index (χ3v) is 3.10. The summed E-state index contributed by atoms with van der Waals surface area (Å²) in [7, 11) is 0. The van der Waals surface area contributed by atoms with Crippen LogP contribution in [-0.2, 0) is 0 Å². The summed E-state index contributed by atoms with van der Waals surface area (Å²) in [5, 5.41) is 0. The fourth-order valence-corrected chi connectivity index (χ4v) is 2.12. The van der Waals surface area contributed by atoms with Crippen molar-refractivity contribution in [3.8, 4) is 0 Å². The molecular formula is C11H18N2. The van der Waals surface area contributed by atoms with Crippen LogP contribution in [0.2, 0.25) is 0 Å². The van der Waals surface area contributed by atoms with Gasteiger partial charge in [-0.2, -0.15) is 0 Å². The quantitative estimate of drug-likeness (QED) is 0.598. The summed E-state index contributed by atoms with van der Waals surface area (Å²) in [6.45, 7) is 9.98. The van der Waals surface area contributed by atoms with Crippen molar-refractivity contribution in [1.29, 1.82) is 0 Å². The summed E-state index contributed by atoms with van der Waals surface area (Å²) in [6, 6.07) is 0.658. The van der Waals surface area contributed by atoms with E-state index in [0.29, 0.717) is 6.04 Å². The molecule has 0 aromatic carbocycles. The molecule has 2 heterocycles. The molecule has 2 aliphatic heterocycles. The molecule has 2 aliphatic rings. The van der Waals surface area contributed by atoms with Crippen LogP contribution in [0.5, 0.6) is 0 Å². The average molecular weight is 178 g/mol. The van der Waals surface area contributed by atoms with Gasteiger partial charge in [0, 0.05) is 19.1 Å². The lowest BCUT2D eigenvalue weighted by Gasteiger charge is -2.31. The van der Waals surface area contributed by atoms with Crippen LogP contribution < -0.4 is 0 Å². The number of rotatable bonds is 1. The van der Waals surface area contributed by atoms with Crippen LogP contribution in [0.3, 0.4) is 0 Å². The predicted octanol–water partition coefficient (Wildman–Crippen LogP) is 1.87. The maximum atomic E-state index is 4.57. The number of fused-ring (bicyclic) bond motifs is 1. The molecule has 0 N–H and O–H groups in total. The first-order valence-electron chi connectivity index (χ1n) is 5.15. The molecule has 2 nitrogen and oxygen atoms in total. The molecule has 0 atom stereocenters. The van der Waals surface area contributed by atoms with Gasteiger partial charge in [-0.05, 0) is 38.3 Å². The second-order valence-corrected chi connectivity index (χ2v) is 4.34. The standard InChI is InChI=1S/C11H18N2/c1-8(2)13-5-4-10-9(3)6-12-11(10)7-13/h8H,4-7H2,1-3H3. The van der Waals surface area contributed by atoms with Crippen molar-refractivity contribution in [2.45, 2.75) is 33.2 Å². The highest BCUT2D eigenvalue weighted by atomic mass is 15.2. The van der Waals surface area contributed by atoms with E-state index in [9.17, 15) is 0 Å². The monoisotopic (exact) mass is 178 g/mol. The minimum Gasteiger partial charge on any atom is -0.295 e. The Morgan fingerprint density at radius 1 is 1.38 bits per heavy atom. The fourth-order valence-electron chi connectivity index (χ4n) is 2.12. The number of likely N-dealkylation sites (tertiary alicyclic amines) is 1. The Morgan fingerprint density at radius 3 is 2.85 bits per heavy atom. The average Bonchev–Trinajstić information content (AvgIpc) is 2.47. The van der Waals surface area contributed by atoms with Crippen LogP contribution in [0.15, 0.2) is 16.1 Å². The van der Waals surface area contributed by atoms with Gasteiger partial charge >= 0.3 is 0 Å². The summed E-state index contributed by atoms with van der Waals surface area (Å²) >= 11 is 0. The van der Waals surface area contributed by atoms with E-state index in [1.54, 1.807) is 5.57 Å². The third kappa shape index (κ3) is 1.55. The molecule has 1 saturated heterocycles. The van der Waals surface area contributed by atoms with Gasteiger partial charge in [0.2, 0.25) is 0 Å². The lowest BCUT2D eigenvalue weighted by atomic mass is 9.98. The van der Waals surface area contributed by atoms with Gasteiger partial charge in [-0.25, -0.2) is 0 Å². The van der Waals surface area contributed by atoms with Crippen LogP contribution in [0, 0.1) is 0 Å². The topological polar surface area (TPSA) is 15.6 Å². The Balaban J connectivity index is 2.12. The van der Waals surface area contributed by atoms with E-state index >= 15 is 0 Å². The summed E-state index contributed by atoms with van der Waals surface area (Å²) in [5.74, 6) is 0. The van der Waals surface area contributed by atoms with Gasteiger partial charge in [0.25, 0.3) is 0 Å². The second kappa shape index (κ2) is 3.26. The van der Waals surface area contributed by atoms with E-state index < -0.39 is 0 Å². The van der Waals surface area contributed by atoms with Gasteiger partial charge < -0.3 is 0 Å². The summed E-state index contributed by atoms with van der Waals surface area (Å²) < 4.78 is 0. The van der Waals surface area contributed by atoms with Crippen molar-refractivity contribution in [2.75, 3.05) is 19.6 Å². The third-order valence-electron chi connectivity index (χ3n) is 3.10. The Morgan fingerprint density at radius 2 is 2.15 bits per heavy atom. The molecule has 0 aliphatic carbocycles. The molecule has 0 aromatic rings. The zero-order valence-electron chi connectivity index (χ0n) is 8.80. The molecular weight excluding hydrogens is 160 g/mol. The highest BCUT2D eigenvalue weighted by molar-refractivity contribution is 6.04. The lowest BCUT2D eigenvalue weighted by Crippen LogP contribution is -2.40. The predicted molar refractivity (Wildman–Crippen MR) is 56.3 cm³/mol. The number of hydrogen-bond donors (Lipinski definition) is 0. The zero-order valence-corrected chi connectivity index (χ0v) is 8.80. The van der Waals surface area contributed by atoms with E-state index in [1.165, 1.54) is 24.3 Å². The first-order chi connectivity index (χ1) is 6.18.